The Bertz CT molecular complexity index is 526. The maximum absolute atomic E-state index is 12.1. The Hall–Kier alpha value is -1.81. The summed E-state index contributed by atoms with van der Waals surface area (Å²) in [4.78, 5) is 13.6. The van der Waals surface area contributed by atoms with E-state index in [9.17, 15) is 4.79 Å². The van der Waals surface area contributed by atoms with Gasteiger partial charge in [0.15, 0.2) is 0 Å². The Morgan fingerprint density at radius 1 is 1.19 bits per heavy atom. The molecule has 0 saturated carbocycles. The number of benzene rings is 1. The van der Waals surface area contributed by atoms with E-state index < -0.39 is 0 Å². The van der Waals surface area contributed by atoms with Gasteiger partial charge in [0.2, 0.25) is 0 Å². The number of carbonyl (C=O) groups excluding carboxylic acids is 1. The molecule has 21 heavy (non-hydrogen) atoms. The van der Waals surface area contributed by atoms with Gasteiger partial charge in [-0.1, -0.05) is 32.9 Å². The predicted molar refractivity (Wildman–Crippen MR) is 85.1 cm³/mol. The molecule has 1 aliphatic heterocycles. The molecule has 1 aromatic rings. The van der Waals surface area contributed by atoms with Crippen molar-refractivity contribution in [1.82, 2.24) is 10.9 Å². The number of hydrazine groups is 1. The smallest absolute Gasteiger partial charge is 0.269 e. The van der Waals surface area contributed by atoms with Crippen LogP contribution in [0.1, 0.15) is 43.1 Å². The van der Waals surface area contributed by atoms with Crippen LogP contribution in [0.3, 0.4) is 0 Å². The summed E-state index contributed by atoms with van der Waals surface area (Å²) >= 11 is 0. The molecule has 0 saturated heterocycles. The summed E-state index contributed by atoms with van der Waals surface area (Å²) in [5.41, 5.74) is 8.92. The third-order valence-corrected chi connectivity index (χ3v) is 3.87. The minimum Gasteiger partial charge on any atom is -0.334 e. The van der Waals surface area contributed by atoms with E-state index >= 15 is 0 Å². The molecule has 1 unspecified atom stereocenters. The molecule has 0 spiro atoms. The third kappa shape index (κ3) is 4.33. The maximum atomic E-state index is 12.1. The van der Waals surface area contributed by atoms with E-state index in [2.05, 4.69) is 44.7 Å². The monoisotopic (exact) mass is 288 g/mol. The molecule has 114 valence electrons. The highest BCUT2D eigenvalue weighted by molar-refractivity contribution is 5.93. The largest absolute Gasteiger partial charge is 0.334 e. The first kappa shape index (κ1) is 15.6. The van der Waals surface area contributed by atoms with E-state index in [1.54, 1.807) is 0 Å². The molecule has 0 radical (unpaired) electrons. The highest BCUT2D eigenvalue weighted by Crippen LogP contribution is 2.22. The minimum atomic E-state index is -0.0948. The fourth-order valence-corrected chi connectivity index (χ4v) is 2.29. The molecule has 0 aliphatic carbocycles. The van der Waals surface area contributed by atoms with Gasteiger partial charge in [0.1, 0.15) is 0 Å². The third-order valence-electron chi connectivity index (χ3n) is 3.87. The van der Waals surface area contributed by atoms with Crippen LogP contribution in [0, 0.1) is 0 Å². The summed E-state index contributed by atoms with van der Waals surface area (Å²) in [6.07, 6.45) is 3.11. The SMILES string of the molecule is C[NH+]1CC=C(NNC(=O)c2ccc(C(C)(C)C)cc2)CC1. The van der Waals surface area contributed by atoms with Crippen molar-refractivity contribution in [2.45, 2.75) is 32.6 Å². The van der Waals surface area contributed by atoms with Gasteiger partial charge in [0.25, 0.3) is 5.91 Å². The van der Waals surface area contributed by atoms with E-state index in [1.807, 2.05) is 24.3 Å². The Morgan fingerprint density at radius 2 is 1.86 bits per heavy atom. The Labute approximate surface area is 127 Å². The molecule has 0 fully saturated rings. The van der Waals surface area contributed by atoms with Crippen LogP contribution in [-0.4, -0.2) is 26.0 Å². The summed E-state index contributed by atoms with van der Waals surface area (Å²) < 4.78 is 0. The molecule has 4 nitrogen and oxygen atoms in total. The number of nitrogens with one attached hydrogen (secondary N) is 3. The number of likely N-dealkylation sites (N-methyl/N-ethyl adjacent to an activating group) is 1. The minimum absolute atomic E-state index is 0.0948. The molecule has 1 amide bonds. The van der Waals surface area contributed by atoms with Gasteiger partial charge in [-0.3, -0.25) is 10.2 Å². The molecular formula is C17H26N3O+. The summed E-state index contributed by atoms with van der Waals surface area (Å²) in [5, 5.41) is 0. The quantitative estimate of drug-likeness (QED) is 0.727. The number of quaternary nitrogens is 1. The lowest BCUT2D eigenvalue weighted by atomic mass is 9.87. The van der Waals surface area contributed by atoms with Gasteiger partial charge in [-0.2, -0.15) is 0 Å². The van der Waals surface area contributed by atoms with Crippen LogP contribution in [0.5, 0.6) is 0 Å². The first-order valence-electron chi connectivity index (χ1n) is 7.53. The average molecular weight is 288 g/mol. The molecule has 1 aliphatic rings. The number of carbonyl (C=O) groups is 1. The Morgan fingerprint density at radius 3 is 2.38 bits per heavy atom. The second-order valence-corrected chi connectivity index (χ2v) is 6.80. The first-order valence-corrected chi connectivity index (χ1v) is 7.53. The van der Waals surface area contributed by atoms with Crippen LogP contribution in [-0.2, 0) is 5.41 Å². The molecule has 2 rings (SSSR count). The summed E-state index contributed by atoms with van der Waals surface area (Å²) in [5.74, 6) is -0.0948. The Balaban J connectivity index is 1.92. The molecule has 1 atom stereocenters. The van der Waals surface area contributed by atoms with Crippen molar-refractivity contribution >= 4 is 5.91 Å². The van der Waals surface area contributed by atoms with Crippen molar-refractivity contribution < 1.29 is 9.69 Å². The average Bonchev–Trinajstić information content (AvgIpc) is 2.45. The van der Waals surface area contributed by atoms with E-state index in [-0.39, 0.29) is 11.3 Å². The van der Waals surface area contributed by atoms with Crippen molar-refractivity contribution in [1.29, 1.82) is 0 Å². The van der Waals surface area contributed by atoms with Gasteiger partial charge >= 0.3 is 0 Å². The van der Waals surface area contributed by atoms with Crippen molar-refractivity contribution in [2.75, 3.05) is 20.1 Å². The lowest BCUT2D eigenvalue weighted by Gasteiger charge is -2.21. The van der Waals surface area contributed by atoms with Gasteiger partial charge in [-0.05, 0) is 29.2 Å². The van der Waals surface area contributed by atoms with Gasteiger partial charge in [0, 0.05) is 17.7 Å². The van der Waals surface area contributed by atoms with Gasteiger partial charge < -0.3 is 10.3 Å². The Kier molecular flexibility index (Phi) is 4.68. The summed E-state index contributed by atoms with van der Waals surface area (Å²) in [6, 6.07) is 7.80. The van der Waals surface area contributed by atoms with Crippen LogP contribution < -0.4 is 15.8 Å². The fourth-order valence-electron chi connectivity index (χ4n) is 2.29. The van der Waals surface area contributed by atoms with Crippen molar-refractivity contribution in [2.24, 2.45) is 0 Å². The number of rotatable bonds is 3. The summed E-state index contributed by atoms with van der Waals surface area (Å²) in [6.45, 7) is 8.59. The fraction of sp³-hybridized carbons (Fsp3) is 0.471. The summed E-state index contributed by atoms with van der Waals surface area (Å²) in [7, 11) is 2.17. The lowest BCUT2D eigenvalue weighted by Crippen LogP contribution is -3.09. The molecule has 1 heterocycles. The molecule has 1 aromatic carbocycles. The van der Waals surface area contributed by atoms with Crippen LogP contribution in [0.2, 0.25) is 0 Å². The van der Waals surface area contributed by atoms with Crippen molar-refractivity contribution in [3.8, 4) is 0 Å². The zero-order chi connectivity index (χ0) is 15.5. The van der Waals surface area contributed by atoms with E-state index in [0.29, 0.717) is 5.56 Å². The van der Waals surface area contributed by atoms with Crippen LogP contribution in [0.15, 0.2) is 36.0 Å². The zero-order valence-electron chi connectivity index (χ0n) is 13.4. The topological polar surface area (TPSA) is 45.6 Å². The van der Waals surface area contributed by atoms with E-state index in [1.165, 1.54) is 10.5 Å². The lowest BCUT2D eigenvalue weighted by molar-refractivity contribution is -0.875. The van der Waals surface area contributed by atoms with Crippen LogP contribution in [0.25, 0.3) is 0 Å². The number of hydrogen-bond acceptors (Lipinski definition) is 2. The maximum Gasteiger partial charge on any atom is 0.269 e. The highest BCUT2D eigenvalue weighted by Gasteiger charge is 2.15. The molecule has 0 bridgehead atoms. The standard InChI is InChI=1S/C17H25N3O/c1-17(2,3)14-7-5-13(6-8-14)16(21)19-18-15-9-11-20(4)12-10-15/h5-9,18H,10-12H2,1-4H3,(H,19,21)/p+1. The van der Waals surface area contributed by atoms with Crippen LogP contribution in [0.4, 0.5) is 0 Å². The number of hydrogen-bond donors (Lipinski definition) is 3. The van der Waals surface area contributed by atoms with Crippen molar-refractivity contribution in [3.05, 3.63) is 47.2 Å². The second-order valence-electron chi connectivity index (χ2n) is 6.80. The van der Waals surface area contributed by atoms with Crippen molar-refractivity contribution in [3.63, 3.8) is 0 Å². The highest BCUT2D eigenvalue weighted by atomic mass is 16.2. The number of amides is 1. The molecular weight excluding hydrogens is 262 g/mol. The van der Waals surface area contributed by atoms with Gasteiger partial charge in [-0.15, -0.1) is 0 Å². The second kappa shape index (κ2) is 6.31. The predicted octanol–water partition coefficient (Wildman–Crippen LogP) is 1.02. The molecule has 3 N–H and O–H groups in total. The van der Waals surface area contributed by atoms with E-state index in [0.717, 1.165) is 25.2 Å². The molecule has 4 heteroatoms. The van der Waals surface area contributed by atoms with E-state index in [4.69, 9.17) is 0 Å². The van der Waals surface area contributed by atoms with Gasteiger partial charge in [-0.25, -0.2) is 0 Å². The zero-order valence-corrected chi connectivity index (χ0v) is 13.4. The normalized spacial score (nSPS) is 18.9. The molecule has 0 aromatic heterocycles. The first-order chi connectivity index (χ1) is 9.86. The van der Waals surface area contributed by atoms with Crippen LogP contribution >= 0.6 is 0 Å². The van der Waals surface area contributed by atoms with Gasteiger partial charge in [0.05, 0.1) is 20.1 Å².